The number of halogens is 2. The number of hydrogen-bond acceptors (Lipinski definition) is 15. The molecule has 274 valence electrons. The Morgan fingerprint density at radius 1 is 0.882 bits per heavy atom. The average Bonchev–Trinajstić information content (AvgIpc) is 3.04. The predicted octanol–water partition coefficient (Wildman–Crippen LogP) is 5.83. The van der Waals surface area contributed by atoms with Crippen LogP contribution < -0.4 is 17.2 Å². The summed E-state index contributed by atoms with van der Waals surface area (Å²) in [6.45, 7) is 21.2. The van der Waals surface area contributed by atoms with Crippen molar-refractivity contribution in [3.05, 3.63) is 70.8 Å². The fraction of sp³-hybridized carbons (Fsp3) is 0.424. The van der Waals surface area contributed by atoms with Gasteiger partial charge in [-0.25, -0.2) is 29.9 Å². The third-order valence-electron chi connectivity index (χ3n) is 6.01. The van der Waals surface area contributed by atoms with Gasteiger partial charge in [-0.15, -0.1) is 12.1 Å². The van der Waals surface area contributed by atoms with Gasteiger partial charge in [0.25, 0.3) is 0 Å². The van der Waals surface area contributed by atoms with Crippen molar-refractivity contribution in [2.75, 3.05) is 23.5 Å². The number of nitrogens with zero attached hydrogens (tertiary/aromatic N) is 9. The van der Waals surface area contributed by atoms with E-state index in [4.69, 9.17) is 62.6 Å². The van der Waals surface area contributed by atoms with Crippen molar-refractivity contribution in [2.45, 2.75) is 85.4 Å². The Balaban J connectivity index is -0.000000574. The molecule has 0 aliphatic heterocycles. The summed E-state index contributed by atoms with van der Waals surface area (Å²) < 4.78 is 10.2. The minimum Gasteiger partial charge on any atom is -0.387 e. The van der Waals surface area contributed by atoms with Gasteiger partial charge in [0.2, 0.25) is 0 Å². The Morgan fingerprint density at radius 2 is 1.24 bits per heavy atom. The number of hydrogen-bond donors (Lipinski definition) is 5. The van der Waals surface area contributed by atoms with Gasteiger partial charge in [0.1, 0.15) is 49.2 Å². The molecule has 51 heavy (non-hydrogen) atoms. The van der Waals surface area contributed by atoms with E-state index in [1.807, 2.05) is 32.9 Å². The van der Waals surface area contributed by atoms with Crippen molar-refractivity contribution < 1.29 is 14.1 Å². The first kappa shape index (κ1) is 50.5. The molecule has 8 N–H and O–H groups in total. The first-order valence-corrected chi connectivity index (χ1v) is 16.4. The molecule has 0 amide bonds. The summed E-state index contributed by atoms with van der Waals surface area (Å²) in [6, 6.07) is 5.72. The molecule has 2 radical (unpaired) electrons. The molecule has 0 saturated heterocycles. The molecule has 1 atom stereocenters. The summed E-state index contributed by atoms with van der Waals surface area (Å²) in [6.07, 6.45) is 7.08. The van der Waals surface area contributed by atoms with Crippen molar-refractivity contribution >= 4 is 54.6 Å². The number of aliphatic hydroxyl groups is 2. The first-order chi connectivity index (χ1) is 23.5. The van der Waals surface area contributed by atoms with Crippen molar-refractivity contribution in [1.82, 2.24) is 29.9 Å². The van der Waals surface area contributed by atoms with E-state index >= 15 is 0 Å². The second-order valence-corrected chi connectivity index (χ2v) is 11.8. The van der Waals surface area contributed by atoms with Crippen LogP contribution in [0.2, 0.25) is 5.15 Å². The van der Waals surface area contributed by atoms with Crippen molar-refractivity contribution in [3.63, 3.8) is 0 Å². The summed E-state index contributed by atoms with van der Waals surface area (Å²) in [7, 11) is 4.92. The van der Waals surface area contributed by atoms with E-state index in [0.717, 1.165) is 18.4 Å². The maximum absolute atomic E-state index is 10.2. The standard InChI is InChI=1S/C9H12N4.C9H10N4.C6H14O2.C5H3ClN4.C3H5B.CH3FS/c2*1-3-6(2)9-7(4-10)12-5-8(11)13-9;1-5(2,7)6(3,4)8;6-5-3(1-7)9-2-4(8)10-5;1-3(2)4;1-3-2/h5-6H,3H2,1-2H3,(H2,11,13);5H,2-3H2,1H3,(H2,11,13);7-8H,1-4H3;2H,(H2,8,10);1H2,2H3;1H3. The van der Waals surface area contributed by atoms with E-state index in [1.165, 1.54) is 24.8 Å². The van der Waals surface area contributed by atoms with E-state index in [-0.39, 0.29) is 40.4 Å². The molecule has 3 rings (SSSR count). The maximum Gasteiger partial charge on any atom is 0.178 e. The van der Waals surface area contributed by atoms with E-state index in [0.29, 0.717) is 34.2 Å². The van der Waals surface area contributed by atoms with Gasteiger partial charge in [-0.1, -0.05) is 45.9 Å². The van der Waals surface area contributed by atoms with E-state index < -0.39 is 11.2 Å². The molecule has 0 aliphatic carbocycles. The largest absolute Gasteiger partial charge is 0.387 e. The van der Waals surface area contributed by atoms with Crippen LogP contribution in [-0.4, -0.2) is 65.4 Å². The second-order valence-electron chi connectivity index (χ2n) is 11.2. The molecular weight excluding hydrogens is 694 g/mol. The molecule has 3 heterocycles. The highest BCUT2D eigenvalue weighted by Gasteiger charge is 2.32. The van der Waals surface area contributed by atoms with E-state index in [9.17, 15) is 3.89 Å². The maximum atomic E-state index is 10.2. The summed E-state index contributed by atoms with van der Waals surface area (Å²) in [5.41, 5.74) is 17.5. The molecule has 0 fully saturated rings. The lowest BCUT2D eigenvalue weighted by atomic mass is 9.90. The zero-order valence-corrected chi connectivity index (χ0v) is 32.1. The molecule has 14 nitrogen and oxygen atoms in total. The van der Waals surface area contributed by atoms with Gasteiger partial charge < -0.3 is 27.4 Å². The quantitative estimate of drug-likeness (QED) is 0.193. The number of nitriles is 3. The summed E-state index contributed by atoms with van der Waals surface area (Å²) in [5.74, 6) is 1.12. The Hall–Kier alpha value is -4.86. The lowest BCUT2D eigenvalue weighted by Gasteiger charge is -2.31. The Kier molecular flexibility index (Phi) is 25.8. The lowest BCUT2D eigenvalue weighted by Crippen LogP contribution is -2.44. The average molecular weight is 741 g/mol. The third-order valence-corrected chi connectivity index (χ3v) is 6.28. The highest BCUT2D eigenvalue weighted by Crippen LogP contribution is 2.20. The topological polar surface area (TPSA) is 267 Å². The van der Waals surface area contributed by atoms with Crippen LogP contribution in [0.4, 0.5) is 21.3 Å². The van der Waals surface area contributed by atoms with Gasteiger partial charge in [-0.2, -0.15) is 19.7 Å². The van der Waals surface area contributed by atoms with Crippen LogP contribution in [-0.2, 0) is 0 Å². The zero-order chi connectivity index (χ0) is 40.5. The number of aromatic nitrogens is 6. The molecule has 0 saturated carbocycles. The smallest absolute Gasteiger partial charge is 0.178 e. The molecule has 0 spiro atoms. The van der Waals surface area contributed by atoms with Gasteiger partial charge in [0.15, 0.2) is 22.2 Å². The number of allylic oxidation sites excluding steroid dienone is 2. The van der Waals surface area contributed by atoms with Gasteiger partial charge in [0.05, 0.1) is 35.5 Å². The summed E-state index contributed by atoms with van der Waals surface area (Å²) in [4.78, 5) is 23.1. The Bertz CT molecular complexity index is 1650. The van der Waals surface area contributed by atoms with Crippen LogP contribution in [0.15, 0.2) is 37.2 Å². The normalized spacial score (nSPS) is 10.2. The molecule has 0 aliphatic rings. The SMILES string of the molecule is C=C(CC)c1nc(N)cnc1C#N.CC(C)(O)C(C)(C)O.CCC(C)c1nc(N)cnc1C#N.CSF.N#Cc1ncc(N)nc1Cl.[B]C(=C)C. The molecule has 3 aromatic rings. The molecule has 3 aromatic heterocycles. The minimum absolute atomic E-state index is 0.0440. The Morgan fingerprint density at radius 3 is 1.57 bits per heavy atom. The Labute approximate surface area is 311 Å². The van der Waals surface area contributed by atoms with Crippen LogP contribution in [0.1, 0.15) is 103 Å². The highest BCUT2D eigenvalue weighted by atomic mass is 35.5. The minimum atomic E-state index is -1.01. The van der Waals surface area contributed by atoms with Crippen molar-refractivity contribution in [2.24, 2.45) is 0 Å². The number of rotatable bonds is 5. The number of nitrogen functional groups attached to an aromatic ring is 3. The van der Waals surface area contributed by atoms with Crippen LogP contribution in [0.3, 0.4) is 0 Å². The molecule has 18 heteroatoms. The van der Waals surface area contributed by atoms with Gasteiger partial charge in [-0.3, -0.25) is 0 Å². The molecule has 1 unspecified atom stereocenters. The highest BCUT2D eigenvalue weighted by molar-refractivity contribution is 7.93. The van der Waals surface area contributed by atoms with Crippen LogP contribution >= 0.6 is 23.7 Å². The van der Waals surface area contributed by atoms with Crippen molar-refractivity contribution in [3.8, 4) is 18.2 Å². The van der Waals surface area contributed by atoms with Crippen LogP contribution in [0.5, 0.6) is 0 Å². The second kappa shape index (κ2) is 26.0. The fourth-order valence-electron chi connectivity index (χ4n) is 2.39. The molecular formula is C33H47BClFN12O2S. The predicted molar refractivity (Wildman–Crippen MR) is 204 cm³/mol. The van der Waals surface area contributed by atoms with Crippen LogP contribution in [0.25, 0.3) is 5.57 Å². The summed E-state index contributed by atoms with van der Waals surface area (Å²) in [5, 5.41) is 44.1. The van der Waals surface area contributed by atoms with Gasteiger partial charge in [0, 0.05) is 24.3 Å². The van der Waals surface area contributed by atoms with Crippen LogP contribution in [0, 0.1) is 34.0 Å². The number of nitrogens with two attached hydrogens (primary N) is 3. The number of anilines is 3. The van der Waals surface area contributed by atoms with E-state index in [2.05, 4.69) is 43.1 Å². The molecule has 0 bridgehead atoms. The van der Waals surface area contributed by atoms with Gasteiger partial charge >= 0.3 is 0 Å². The zero-order valence-electron chi connectivity index (χ0n) is 30.5. The molecule has 0 aromatic carbocycles. The van der Waals surface area contributed by atoms with E-state index in [1.54, 1.807) is 40.7 Å². The fourth-order valence-corrected chi connectivity index (χ4v) is 2.58. The van der Waals surface area contributed by atoms with Crippen molar-refractivity contribution in [1.29, 1.82) is 15.8 Å². The van der Waals surface area contributed by atoms with Gasteiger partial charge in [-0.05, 0) is 46.1 Å². The summed E-state index contributed by atoms with van der Waals surface area (Å²) >= 11 is 5.70. The third kappa shape index (κ3) is 22.5. The monoisotopic (exact) mass is 740 g/mol. The lowest BCUT2D eigenvalue weighted by molar-refractivity contribution is -0.107. The first-order valence-electron chi connectivity index (χ1n) is 14.9.